The van der Waals surface area contributed by atoms with Crippen LogP contribution in [0.25, 0.3) is 0 Å². The Hall–Kier alpha value is -8.01. The zero-order valence-electron chi connectivity index (χ0n) is 39.8. The van der Waals surface area contributed by atoms with E-state index < -0.39 is 41.3 Å². The monoisotopic (exact) mass is 974 g/mol. The molecule has 374 valence electrons. The van der Waals surface area contributed by atoms with Crippen molar-refractivity contribution >= 4 is 70.4 Å². The summed E-state index contributed by atoms with van der Waals surface area (Å²) in [5, 5.41) is 45.7. The lowest BCUT2D eigenvalue weighted by Crippen LogP contribution is -2.27. The molecule has 4 aromatic carbocycles. The number of anilines is 4. The minimum Gasteiger partial charge on any atom is -0.508 e. The van der Waals surface area contributed by atoms with Gasteiger partial charge < -0.3 is 62.5 Å². The van der Waals surface area contributed by atoms with E-state index in [-0.39, 0.29) is 46.6 Å². The summed E-state index contributed by atoms with van der Waals surface area (Å²) in [6, 6.07) is 17.8. The number of nitrogens with zero attached hydrogens (tertiary/aromatic N) is 2. The number of halogens is 1. The average Bonchev–Trinajstić information content (AvgIpc) is 3.24. The Balaban J connectivity index is 0. The summed E-state index contributed by atoms with van der Waals surface area (Å²) in [5.74, 6) is 5.21. The standard InChI is InChI=1S/C15H21NO4.C12H15NO5.C10H13NO2.C7H7NO3.CH3Cl.H4N4/c1-6-19-13(17)11-9-10(2)7-8-12(11)16-14(18)20-15(3,4)5;1-12(2,3)18-11(17)13-9-5-4-7(14)6-8(9)10(15)16;1-3-13-10(12)8-6-7(2)4-5-9(8)11;8-6-2-1-4(9)3-5(6)7(10)11;1-2;1-3-4-2/h7-9H,6H2,1-5H3,(H,16,18);4-6,14H,1-3H3,(H,13,17)(H,15,16);4-6H,3,11H2,1-2H3;1-3,9H,8H2,(H,10,11);1H3;(H2,1,4)(H2,2,3). The molecular formula is C45H63ClN8O14. The molecule has 2 amide bonds. The van der Waals surface area contributed by atoms with Crippen molar-refractivity contribution in [1.29, 1.82) is 0 Å². The lowest BCUT2D eigenvalue weighted by atomic mass is 10.1. The smallest absolute Gasteiger partial charge is 0.412 e. The Morgan fingerprint density at radius 1 is 0.559 bits per heavy atom. The van der Waals surface area contributed by atoms with Crippen LogP contribution in [0.2, 0.25) is 0 Å². The van der Waals surface area contributed by atoms with Gasteiger partial charge in [-0.25, -0.2) is 28.8 Å². The molecule has 22 nitrogen and oxygen atoms in total. The van der Waals surface area contributed by atoms with Gasteiger partial charge in [0.15, 0.2) is 0 Å². The zero-order valence-corrected chi connectivity index (χ0v) is 40.6. The second kappa shape index (κ2) is 31.0. The molecule has 0 saturated heterocycles. The predicted octanol–water partition coefficient (Wildman–Crippen LogP) is 8.42. The molecule has 4 rings (SSSR count). The van der Waals surface area contributed by atoms with Gasteiger partial charge in [0.25, 0.3) is 0 Å². The Bertz CT molecular complexity index is 2310. The minimum atomic E-state index is -1.25. The molecule has 0 radical (unpaired) electrons. The number of nitrogens with one attached hydrogen (secondary N) is 2. The van der Waals surface area contributed by atoms with Crippen LogP contribution in [0, 0.1) is 13.8 Å². The van der Waals surface area contributed by atoms with E-state index in [2.05, 4.69) is 44.4 Å². The Kier molecular flexibility index (Phi) is 28.3. The number of amides is 2. The first-order chi connectivity index (χ1) is 31.6. The SMILES string of the molecule is CC(C)(C)OC(=O)Nc1ccc(O)cc1C(=O)O.CCOC(=O)c1cc(C)ccc1N.CCOC(=O)c1cc(C)ccc1NC(=O)OC(C)(C)C.CCl.N/N=N/N.Nc1ccc(O)cc1C(=O)O. The van der Waals surface area contributed by atoms with E-state index in [0.29, 0.717) is 29.1 Å². The summed E-state index contributed by atoms with van der Waals surface area (Å²) in [7, 11) is 0. The molecule has 0 bridgehead atoms. The van der Waals surface area contributed by atoms with Crippen molar-refractivity contribution in [2.24, 2.45) is 22.1 Å². The summed E-state index contributed by atoms with van der Waals surface area (Å²) in [5.41, 5.74) is 13.1. The van der Waals surface area contributed by atoms with Crippen LogP contribution in [-0.4, -0.2) is 87.3 Å². The van der Waals surface area contributed by atoms with Crippen LogP contribution >= 0.6 is 11.6 Å². The third-order valence-corrected chi connectivity index (χ3v) is 7.21. The van der Waals surface area contributed by atoms with E-state index in [4.69, 9.17) is 45.7 Å². The number of aryl methyl sites for hydroxylation is 2. The number of nitrogen functional groups attached to an aromatic ring is 2. The highest BCUT2D eigenvalue weighted by atomic mass is 35.5. The summed E-state index contributed by atoms with van der Waals surface area (Å²) in [6.07, 6.45) is 0.114. The van der Waals surface area contributed by atoms with Crippen molar-refractivity contribution in [1.82, 2.24) is 0 Å². The molecule has 68 heavy (non-hydrogen) atoms. The quantitative estimate of drug-likeness (QED) is 0.0116. The molecule has 0 fully saturated rings. The van der Waals surface area contributed by atoms with Crippen molar-refractivity contribution in [3.05, 3.63) is 106 Å². The molecule has 0 aliphatic heterocycles. The summed E-state index contributed by atoms with van der Waals surface area (Å²) < 4.78 is 20.0. The van der Waals surface area contributed by atoms with Gasteiger partial charge in [0.05, 0.1) is 46.8 Å². The predicted molar refractivity (Wildman–Crippen MR) is 258 cm³/mol. The number of aromatic carboxylic acids is 2. The Morgan fingerprint density at radius 2 is 0.897 bits per heavy atom. The van der Waals surface area contributed by atoms with Gasteiger partial charge in [-0.05, 0) is 130 Å². The normalized spacial score (nSPS) is 10.1. The van der Waals surface area contributed by atoms with Crippen LogP contribution in [0.1, 0.15) is 108 Å². The molecule has 0 aromatic heterocycles. The number of benzene rings is 4. The molecule has 0 spiro atoms. The fourth-order valence-corrected chi connectivity index (χ4v) is 4.58. The van der Waals surface area contributed by atoms with Crippen molar-refractivity contribution < 1.29 is 68.1 Å². The average molecular weight is 975 g/mol. The lowest BCUT2D eigenvalue weighted by Gasteiger charge is -2.20. The maximum Gasteiger partial charge on any atom is 0.412 e. The van der Waals surface area contributed by atoms with Crippen LogP contribution in [0.15, 0.2) is 83.2 Å². The number of rotatable bonds is 8. The van der Waals surface area contributed by atoms with Gasteiger partial charge in [-0.3, -0.25) is 10.6 Å². The summed E-state index contributed by atoms with van der Waals surface area (Å²) in [6.45, 7) is 18.3. The van der Waals surface area contributed by atoms with E-state index in [1.807, 2.05) is 19.9 Å². The highest BCUT2D eigenvalue weighted by Crippen LogP contribution is 2.23. The van der Waals surface area contributed by atoms with Gasteiger partial charge in [0, 0.05) is 17.8 Å². The number of nitrogens with two attached hydrogens (primary N) is 4. The van der Waals surface area contributed by atoms with Gasteiger partial charge in [-0.15, -0.1) is 11.6 Å². The zero-order chi connectivity index (χ0) is 52.9. The molecule has 0 saturated carbocycles. The number of hydrogen-bond acceptors (Lipinski definition) is 16. The van der Waals surface area contributed by atoms with Gasteiger partial charge in [-0.2, -0.15) is 0 Å². The number of esters is 2. The third-order valence-electron chi connectivity index (χ3n) is 7.21. The molecule has 0 unspecified atom stereocenters. The number of hydrogen-bond donors (Lipinski definition) is 10. The first-order valence-corrected chi connectivity index (χ1v) is 20.7. The molecule has 0 aliphatic carbocycles. The van der Waals surface area contributed by atoms with Crippen LogP contribution in [0.4, 0.5) is 32.3 Å². The number of carbonyl (C=O) groups excluding carboxylic acids is 4. The second-order valence-corrected chi connectivity index (χ2v) is 15.2. The van der Waals surface area contributed by atoms with E-state index >= 15 is 0 Å². The van der Waals surface area contributed by atoms with E-state index in [9.17, 15) is 33.9 Å². The number of carboxylic acid groups (broad SMARTS) is 2. The fourth-order valence-electron chi connectivity index (χ4n) is 4.58. The minimum absolute atomic E-state index is 0.0644. The highest BCUT2D eigenvalue weighted by Gasteiger charge is 2.21. The van der Waals surface area contributed by atoms with Gasteiger partial charge >= 0.3 is 36.1 Å². The van der Waals surface area contributed by atoms with Crippen LogP contribution in [0.5, 0.6) is 11.5 Å². The third kappa shape index (κ3) is 26.1. The number of carboxylic acids is 2. The number of phenolic OH excluding ortho intramolecular Hbond substituents is 2. The topological polar surface area (TPSA) is 373 Å². The molecule has 4 aromatic rings. The molecule has 0 atom stereocenters. The molecule has 14 N–H and O–H groups in total. The second-order valence-electron chi connectivity index (χ2n) is 15.2. The molecule has 0 heterocycles. The molecule has 23 heteroatoms. The van der Waals surface area contributed by atoms with Crippen molar-refractivity contribution in [3.63, 3.8) is 0 Å². The van der Waals surface area contributed by atoms with Crippen molar-refractivity contribution in [2.75, 3.05) is 41.7 Å². The maximum absolute atomic E-state index is 11.9. The van der Waals surface area contributed by atoms with Crippen LogP contribution in [-0.2, 0) is 18.9 Å². The summed E-state index contributed by atoms with van der Waals surface area (Å²) in [4.78, 5) is 67.8. The number of phenols is 2. The van der Waals surface area contributed by atoms with Gasteiger partial charge in [-0.1, -0.05) is 33.7 Å². The van der Waals surface area contributed by atoms with E-state index in [0.717, 1.165) is 23.3 Å². The Morgan fingerprint density at radius 3 is 1.29 bits per heavy atom. The first kappa shape index (κ1) is 62.1. The van der Waals surface area contributed by atoms with Gasteiger partial charge in [0.2, 0.25) is 0 Å². The number of aromatic hydroxyl groups is 2. The number of ether oxygens (including phenoxy) is 4. The van der Waals surface area contributed by atoms with Crippen LogP contribution in [0.3, 0.4) is 0 Å². The lowest BCUT2D eigenvalue weighted by molar-refractivity contribution is 0.0517. The van der Waals surface area contributed by atoms with Crippen LogP contribution < -0.4 is 33.8 Å². The largest absolute Gasteiger partial charge is 0.508 e. The first-order valence-electron chi connectivity index (χ1n) is 20.0. The summed E-state index contributed by atoms with van der Waals surface area (Å²) >= 11 is 4.64. The number of alkyl halides is 1. The fraction of sp³-hybridized carbons (Fsp3) is 0.333. The van der Waals surface area contributed by atoms with E-state index in [1.54, 1.807) is 85.7 Å². The Labute approximate surface area is 399 Å². The van der Waals surface area contributed by atoms with Crippen molar-refractivity contribution in [2.45, 2.75) is 80.4 Å². The number of carbonyl (C=O) groups is 6. The van der Waals surface area contributed by atoms with E-state index in [1.165, 1.54) is 30.6 Å². The highest BCUT2D eigenvalue weighted by molar-refractivity contribution is 6.15. The maximum atomic E-state index is 11.9. The van der Waals surface area contributed by atoms with Gasteiger partial charge in [0.1, 0.15) is 22.7 Å². The molecular weight excluding hydrogens is 912 g/mol. The van der Waals surface area contributed by atoms with Crippen molar-refractivity contribution in [3.8, 4) is 11.5 Å². The molecule has 0 aliphatic rings.